The molecule has 2 aromatic carbocycles. The summed E-state index contributed by atoms with van der Waals surface area (Å²) in [6.07, 6.45) is 2.09. The summed E-state index contributed by atoms with van der Waals surface area (Å²) in [4.78, 5) is 26.2. The molecule has 0 atom stereocenters. The fourth-order valence-electron chi connectivity index (χ4n) is 2.20. The fraction of sp³-hybridized carbons (Fsp3) is 0.111. The predicted molar refractivity (Wildman–Crippen MR) is 93.5 cm³/mol. The van der Waals surface area contributed by atoms with Crippen molar-refractivity contribution in [2.75, 3.05) is 16.8 Å². The largest absolute Gasteiger partial charge is 0.322 e. The Hall–Kier alpha value is -2.53. The molecule has 23 heavy (non-hydrogen) atoms. The third kappa shape index (κ3) is 4.02. The van der Waals surface area contributed by atoms with Crippen LogP contribution in [-0.2, 0) is 9.59 Å². The normalized spacial score (nSPS) is 13.9. The van der Waals surface area contributed by atoms with Crippen LogP contribution in [0.4, 0.5) is 11.4 Å². The van der Waals surface area contributed by atoms with Crippen molar-refractivity contribution in [3.05, 3.63) is 66.1 Å². The molecule has 0 aromatic heterocycles. The summed E-state index contributed by atoms with van der Waals surface area (Å²) in [6, 6.07) is 17.2. The molecule has 1 saturated heterocycles. The van der Waals surface area contributed by atoms with Gasteiger partial charge in [-0.25, -0.2) is 0 Å². The van der Waals surface area contributed by atoms with Gasteiger partial charge < -0.3 is 10.2 Å². The first kappa shape index (κ1) is 15.4. The van der Waals surface area contributed by atoms with Crippen molar-refractivity contribution in [2.45, 2.75) is 11.3 Å². The molecular formula is C18H16N2O2S. The van der Waals surface area contributed by atoms with E-state index in [9.17, 15) is 9.59 Å². The minimum Gasteiger partial charge on any atom is -0.322 e. The number of carbonyl (C=O) groups is 2. The van der Waals surface area contributed by atoms with Crippen molar-refractivity contribution < 1.29 is 9.59 Å². The zero-order valence-corrected chi connectivity index (χ0v) is 13.3. The number of benzene rings is 2. The lowest BCUT2D eigenvalue weighted by Gasteiger charge is -2.30. The Balaban J connectivity index is 1.57. The highest BCUT2D eigenvalue weighted by molar-refractivity contribution is 8.02. The summed E-state index contributed by atoms with van der Waals surface area (Å²) < 4.78 is 0. The summed E-state index contributed by atoms with van der Waals surface area (Å²) in [7, 11) is 0. The molecule has 1 N–H and O–H groups in total. The zero-order valence-electron chi connectivity index (χ0n) is 12.4. The maximum Gasteiger partial charge on any atom is 0.248 e. The highest BCUT2D eigenvalue weighted by Gasteiger charge is 2.25. The van der Waals surface area contributed by atoms with E-state index in [1.165, 1.54) is 17.8 Å². The van der Waals surface area contributed by atoms with Gasteiger partial charge in [-0.05, 0) is 35.7 Å². The van der Waals surface area contributed by atoms with E-state index in [0.717, 1.165) is 17.1 Å². The Morgan fingerprint density at radius 2 is 1.96 bits per heavy atom. The van der Waals surface area contributed by atoms with Gasteiger partial charge in [-0.2, -0.15) is 0 Å². The van der Waals surface area contributed by atoms with Crippen LogP contribution in [0.3, 0.4) is 0 Å². The van der Waals surface area contributed by atoms with Gasteiger partial charge in [0, 0.05) is 35.3 Å². The molecule has 1 aliphatic heterocycles. The number of amides is 2. The van der Waals surface area contributed by atoms with Crippen LogP contribution >= 0.6 is 11.8 Å². The Labute approximate surface area is 139 Å². The number of thioether (sulfide) groups is 1. The fourth-order valence-corrected chi connectivity index (χ4v) is 2.86. The van der Waals surface area contributed by atoms with Gasteiger partial charge in [-0.1, -0.05) is 36.0 Å². The number of rotatable bonds is 5. The van der Waals surface area contributed by atoms with Crippen LogP contribution in [-0.4, -0.2) is 18.4 Å². The smallest absolute Gasteiger partial charge is 0.248 e. The minimum atomic E-state index is -0.194. The second kappa shape index (κ2) is 7.15. The van der Waals surface area contributed by atoms with E-state index in [4.69, 9.17) is 0 Å². The molecule has 1 fully saturated rings. The van der Waals surface area contributed by atoms with Crippen molar-refractivity contribution in [1.29, 1.82) is 0 Å². The van der Waals surface area contributed by atoms with Crippen molar-refractivity contribution in [3.8, 4) is 0 Å². The molecule has 0 spiro atoms. The van der Waals surface area contributed by atoms with Gasteiger partial charge in [-0.3, -0.25) is 9.59 Å². The van der Waals surface area contributed by atoms with Crippen molar-refractivity contribution in [1.82, 2.24) is 0 Å². The lowest BCUT2D eigenvalue weighted by atomic mass is 10.1. The van der Waals surface area contributed by atoms with Crippen LogP contribution in [0, 0.1) is 0 Å². The number of hydrogen-bond acceptors (Lipinski definition) is 3. The van der Waals surface area contributed by atoms with Crippen LogP contribution in [0.5, 0.6) is 0 Å². The molecule has 0 unspecified atom stereocenters. The summed E-state index contributed by atoms with van der Waals surface area (Å²) >= 11 is 1.49. The Bertz CT molecular complexity index is 744. The third-order valence-electron chi connectivity index (χ3n) is 3.44. The highest BCUT2D eigenvalue weighted by atomic mass is 32.2. The maximum atomic E-state index is 11.9. The monoisotopic (exact) mass is 324 g/mol. The molecular weight excluding hydrogens is 308 g/mol. The van der Waals surface area contributed by atoms with E-state index in [1.807, 2.05) is 54.6 Å². The molecule has 0 radical (unpaired) electrons. The van der Waals surface area contributed by atoms with E-state index in [2.05, 4.69) is 5.32 Å². The van der Waals surface area contributed by atoms with E-state index >= 15 is 0 Å². The molecule has 1 heterocycles. The molecule has 2 amide bonds. The third-order valence-corrected chi connectivity index (χ3v) is 4.26. The topological polar surface area (TPSA) is 49.4 Å². The van der Waals surface area contributed by atoms with Crippen molar-refractivity contribution in [2.24, 2.45) is 0 Å². The zero-order chi connectivity index (χ0) is 16.1. The molecule has 0 saturated carbocycles. The van der Waals surface area contributed by atoms with Crippen LogP contribution < -0.4 is 10.2 Å². The highest BCUT2D eigenvalue weighted by Crippen LogP contribution is 2.24. The van der Waals surface area contributed by atoms with Gasteiger partial charge in [0.2, 0.25) is 11.8 Å². The number of nitrogens with zero attached hydrogens (tertiary/aromatic N) is 1. The SMILES string of the molecule is O=C(C=CSc1ccccc1)Nc1cccc(N2CCC2=O)c1. The Morgan fingerprint density at radius 1 is 1.13 bits per heavy atom. The van der Waals surface area contributed by atoms with E-state index in [0.29, 0.717) is 12.1 Å². The predicted octanol–water partition coefficient (Wildman–Crippen LogP) is 3.67. The second-order valence-corrected chi connectivity index (χ2v) is 6.05. The van der Waals surface area contributed by atoms with Crippen LogP contribution in [0.2, 0.25) is 0 Å². The van der Waals surface area contributed by atoms with Gasteiger partial charge in [0.1, 0.15) is 0 Å². The van der Waals surface area contributed by atoms with Crippen LogP contribution in [0.15, 0.2) is 71.0 Å². The average Bonchev–Trinajstić information content (AvgIpc) is 2.55. The molecule has 2 aromatic rings. The van der Waals surface area contributed by atoms with Crippen molar-refractivity contribution in [3.63, 3.8) is 0 Å². The molecule has 116 valence electrons. The molecule has 3 rings (SSSR count). The molecule has 4 nitrogen and oxygen atoms in total. The van der Waals surface area contributed by atoms with E-state index in [-0.39, 0.29) is 11.8 Å². The van der Waals surface area contributed by atoms with Gasteiger partial charge >= 0.3 is 0 Å². The number of nitrogens with one attached hydrogen (secondary N) is 1. The van der Waals surface area contributed by atoms with E-state index < -0.39 is 0 Å². The quantitative estimate of drug-likeness (QED) is 0.519. The maximum absolute atomic E-state index is 11.9. The molecule has 5 heteroatoms. The van der Waals surface area contributed by atoms with E-state index in [1.54, 1.807) is 10.3 Å². The Morgan fingerprint density at radius 3 is 2.65 bits per heavy atom. The summed E-state index contributed by atoms with van der Waals surface area (Å²) in [5.74, 6) is -0.0758. The minimum absolute atomic E-state index is 0.118. The first-order chi connectivity index (χ1) is 11.2. The first-order valence-corrected chi connectivity index (χ1v) is 8.20. The van der Waals surface area contributed by atoms with Gasteiger partial charge in [-0.15, -0.1) is 0 Å². The second-order valence-electron chi connectivity index (χ2n) is 5.07. The standard InChI is InChI=1S/C18H16N2O2S/c21-17(10-12-23-16-7-2-1-3-8-16)19-14-5-4-6-15(13-14)20-11-9-18(20)22/h1-8,10,12-13H,9,11H2,(H,19,21). The summed E-state index contributed by atoms with van der Waals surface area (Å²) in [5, 5.41) is 4.57. The van der Waals surface area contributed by atoms with Crippen LogP contribution in [0.1, 0.15) is 6.42 Å². The average molecular weight is 324 g/mol. The Kier molecular flexibility index (Phi) is 4.78. The number of β-lactam (4-membered cyclic amide) rings is 1. The number of anilines is 2. The molecule has 0 aliphatic carbocycles. The lowest BCUT2D eigenvalue weighted by molar-refractivity contribution is -0.122. The molecule has 0 bridgehead atoms. The van der Waals surface area contributed by atoms with Crippen molar-refractivity contribution >= 4 is 35.0 Å². The van der Waals surface area contributed by atoms with Gasteiger partial charge in [0.15, 0.2) is 0 Å². The lowest BCUT2D eigenvalue weighted by Crippen LogP contribution is -2.43. The summed E-state index contributed by atoms with van der Waals surface area (Å²) in [5.41, 5.74) is 1.50. The molecule has 1 aliphatic rings. The van der Waals surface area contributed by atoms with Gasteiger partial charge in [0.05, 0.1) is 0 Å². The first-order valence-electron chi connectivity index (χ1n) is 7.32. The number of hydrogen-bond donors (Lipinski definition) is 1. The van der Waals surface area contributed by atoms with Crippen LogP contribution in [0.25, 0.3) is 0 Å². The van der Waals surface area contributed by atoms with Gasteiger partial charge in [0.25, 0.3) is 0 Å². The number of carbonyl (C=O) groups excluding carboxylic acids is 2. The summed E-state index contributed by atoms with van der Waals surface area (Å²) in [6.45, 7) is 0.740.